The zero-order valence-electron chi connectivity index (χ0n) is 17.2. The second kappa shape index (κ2) is 11.0. The van der Waals surface area contributed by atoms with Crippen molar-refractivity contribution < 1.29 is 19.4 Å². The van der Waals surface area contributed by atoms with Crippen LogP contribution in [0.4, 0.5) is 11.4 Å². The predicted molar refractivity (Wildman–Crippen MR) is 111 cm³/mol. The third-order valence-electron chi connectivity index (χ3n) is 4.78. The van der Waals surface area contributed by atoms with Crippen LogP contribution in [0, 0.1) is 0 Å². The van der Waals surface area contributed by atoms with Crippen LogP contribution in [0.5, 0.6) is 11.5 Å². The summed E-state index contributed by atoms with van der Waals surface area (Å²) in [5.74, 6) is 1.41. The zero-order chi connectivity index (χ0) is 20.5. The molecule has 1 amide bonds. The molecule has 1 heterocycles. The molecule has 1 aliphatic heterocycles. The highest BCUT2D eigenvalue weighted by Gasteiger charge is 2.24. The average molecular weight is 395 g/mol. The number of hydrogen-bond acceptors (Lipinski definition) is 7. The summed E-state index contributed by atoms with van der Waals surface area (Å²) in [6, 6.07) is 3.91. The van der Waals surface area contributed by atoms with Gasteiger partial charge in [-0.05, 0) is 39.8 Å². The number of aliphatic hydroxyl groups is 1. The molecule has 0 radical (unpaired) electrons. The first kappa shape index (κ1) is 22.1. The molecule has 0 saturated carbocycles. The summed E-state index contributed by atoms with van der Waals surface area (Å²) in [7, 11) is 5.38. The maximum Gasteiger partial charge on any atom is 0.234 e. The van der Waals surface area contributed by atoms with Crippen LogP contribution in [0.1, 0.15) is 25.7 Å². The van der Waals surface area contributed by atoms with Crippen LogP contribution >= 0.6 is 0 Å². The minimum absolute atomic E-state index is 0.0607. The molecule has 2 rings (SSSR count). The molecule has 0 aromatic heterocycles. The standard InChI is InChI=1S/C20H34N4O4/c1-23(2)14-20(26)22-15-6-8-24(9-7-15)17-13-18(27-3)16(21)12-19(17)28-11-5-4-10-25/h12-13,15,25H,4-11,14,21H2,1-3H3,(H,22,26). The molecular weight excluding hydrogens is 360 g/mol. The fourth-order valence-electron chi connectivity index (χ4n) is 3.33. The molecule has 0 aliphatic carbocycles. The van der Waals surface area contributed by atoms with E-state index in [1.165, 1.54) is 0 Å². The van der Waals surface area contributed by atoms with Gasteiger partial charge < -0.3 is 35.4 Å². The quantitative estimate of drug-likeness (QED) is 0.403. The molecule has 0 atom stereocenters. The van der Waals surface area contributed by atoms with Crippen molar-refractivity contribution in [2.24, 2.45) is 0 Å². The van der Waals surface area contributed by atoms with Crippen LogP contribution in [0.3, 0.4) is 0 Å². The van der Waals surface area contributed by atoms with E-state index in [0.717, 1.165) is 43.8 Å². The van der Waals surface area contributed by atoms with Crippen LogP contribution in [0.25, 0.3) is 0 Å². The van der Waals surface area contributed by atoms with Gasteiger partial charge in [0.05, 0.1) is 31.6 Å². The van der Waals surface area contributed by atoms with E-state index in [1.807, 2.05) is 25.1 Å². The Morgan fingerprint density at radius 2 is 2.00 bits per heavy atom. The minimum atomic E-state index is 0.0607. The second-order valence-corrected chi connectivity index (χ2v) is 7.41. The van der Waals surface area contributed by atoms with Crippen molar-refractivity contribution in [3.63, 3.8) is 0 Å². The number of piperidine rings is 1. The van der Waals surface area contributed by atoms with E-state index >= 15 is 0 Å². The van der Waals surface area contributed by atoms with E-state index in [0.29, 0.717) is 31.0 Å². The monoisotopic (exact) mass is 394 g/mol. The van der Waals surface area contributed by atoms with E-state index in [1.54, 1.807) is 13.2 Å². The van der Waals surface area contributed by atoms with Gasteiger partial charge >= 0.3 is 0 Å². The summed E-state index contributed by atoms with van der Waals surface area (Å²) >= 11 is 0. The maximum atomic E-state index is 12.0. The molecule has 8 heteroatoms. The molecule has 158 valence electrons. The number of amides is 1. The van der Waals surface area contributed by atoms with Crippen LogP contribution < -0.4 is 25.4 Å². The number of unbranched alkanes of at least 4 members (excludes halogenated alkanes) is 1. The smallest absolute Gasteiger partial charge is 0.234 e. The first-order valence-corrected chi connectivity index (χ1v) is 9.84. The molecule has 1 aliphatic rings. The lowest BCUT2D eigenvalue weighted by Gasteiger charge is -2.35. The molecule has 0 bridgehead atoms. The second-order valence-electron chi connectivity index (χ2n) is 7.41. The molecule has 1 saturated heterocycles. The summed E-state index contributed by atoms with van der Waals surface area (Å²) in [5, 5.41) is 12.0. The number of rotatable bonds is 10. The molecule has 1 aromatic carbocycles. The molecule has 8 nitrogen and oxygen atoms in total. The number of likely N-dealkylation sites (N-methyl/N-ethyl adjacent to an activating group) is 1. The zero-order valence-corrected chi connectivity index (χ0v) is 17.2. The SMILES string of the molecule is COc1cc(N2CCC(NC(=O)CN(C)C)CC2)c(OCCCCO)cc1N. The van der Waals surface area contributed by atoms with Gasteiger partial charge in [-0.3, -0.25) is 4.79 Å². The third kappa shape index (κ3) is 6.45. The Morgan fingerprint density at radius 1 is 1.29 bits per heavy atom. The largest absolute Gasteiger partial charge is 0.495 e. The number of ether oxygens (including phenoxy) is 2. The van der Waals surface area contributed by atoms with Gasteiger partial charge in [-0.25, -0.2) is 0 Å². The van der Waals surface area contributed by atoms with Gasteiger partial charge in [-0.15, -0.1) is 0 Å². The highest BCUT2D eigenvalue weighted by atomic mass is 16.5. The van der Waals surface area contributed by atoms with Crippen molar-refractivity contribution >= 4 is 17.3 Å². The maximum absolute atomic E-state index is 12.0. The first-order valence-electron chi connectivity index (χ1n) is 9.84. The summed E-state index contributed by atoms with van der Waals surface area (Å²) in [6.45, 7) is 2.71. The van der Waals surface area contributed by atoms with Crippen LogP contribution in [0.15, 0.2) is 12.1 Å². The lowest BCUT2D eigenvalue weighted by atomic mass is 10.0. The number of nitrogens with two attached hydrogens (primary N) is 1. The number of benzene rings is 1. The van der Waals surface area contributed by atoms with E-state index in [9.17, 15) is 4.79 Å². The van der Waals surface area contributed by atoms with Crippen molar-refractivity contribution in [1.29, 1.82) is 0 Å². The number of carbonyl (C=O) groups excluding carboxylic acids is 1. The van der Waals surface area contributed by atoms with Crippen molar-refractivity contribution in [3.8, 4) is 11.5 Å². The number of aliphatic hydroxyl groups excluding tert-OH is 1. The normalized spacial score (nSPS) is 15.0. The molecule has 1 fully saturated rings. The topological polar surface area (TPSA) is 100 Å². The van der Waals surface area contributed by atoms with Crippen LogP contribution in [-0.2, 0) is 4.79 Å². The van der Waals surface area contributed by atoms with Gasteiger partial charge in [-0.1, -0.05) is 0 Å². The van der Waals surface area contributed by atoms with Gasteiger partial charge in [0, 0.05) is 37.9 Å². The number of carbonyl (C=O) groups is 1. The van der Waals surface area contributed by atoms with Crippen LogP contribution in [-0.4, -0.2) is 76.0 Å². The lowest BCUT2D eigenvalue weighted by Crippen LogP contribution is -2.46. The Bertz CT molecular complexity index is 631. The summed E-state index contributed by atoms with van der Waals surface area (Å²) in [6.07, 6.45) is 3.23. The molecular formula is C20H34N4O4. The Balaban J connectivity index is 2.02. The molecule has 4 N–H and O–H groups in total. The number of hydrogen-bond donors (Lipinski definition) is 3. The third-order valence-corrected chi connectivity index (χ3v) is 4.78. The number of nitrogens with zero attached hydrogens (tertiary/aromatic N) is 2. The fourth-order valence-corrected chi connectivity index (χ4v) is 3.33. The van der Waals surface area contributed by atoms with Gasteiger partial charge in [0.15, 0.2) is 0 Å². The van der Waals surface area contributed by atoms with Gasteiger partial charge in [0.1, 0.15) is 11.5 Å². The molecule has 1 aromatic rings. The number of anilines is 2. The van der Waals surface area contributed by atoms with Crippen molar-refractivity contribution in [2.45, 2.75) is 31.7 Å². The lowest BCUT2D eigenvalue weighted by molar-refractivity contribution is -0.122. The minimum Gasteiger partial charge on any atom is -0.495 e. The molecule has 0 spiro atoms. The fraction of sp³-hybridized carbons (Fsp3) is 0.650. The number of nitrogens with one attached hydrogen (secondary N) is 1. The number of nitrogen functional groups attached to an aromatic ring is 1. The van der Waals surface area contributed by atoms with E-state index in [2.05, 4.69) is 10.2 Å². The van der Waals surface area contributed by atoms with Gasteiger partial charge in [-0.2, -0.15) is 0 Å². The van der Waals surface area contributed by atoms with Crippen LogP contribution in [0.2, 0.25) is 0 Å². The molecule has 0 unspecified atom stereocenters. The number of methoxy groups -OCH3 is 1. The van der Waals surface area contributed by atoms with Crippen molar-refractivity contribution in [1.82, 2.24) is 10.2 Å². The van der Waals surface area contributed by atoms with Gasteiger partial charge in [0.2, 0.25) is 5.91 Å². The van der Waals surface area contributed by atoms with Gasteiger partial charge in [0.25, 0.3) is 0 Å². The highest BCUT2D eigenvalue weighted by Crippen LogP contribution is 2.38. The van der Waals surface area contributed by atoms with Crippen molar-refractivity contribution in [2.75, 3.05) is 64.7 Å². The summed E-state index contributed by atoms with van der Waals surface area (Å²) < 4.78 is 11.3. The Labute approximate surface area is 167 Å². The van der Waals surface area contributed by atoms with E-state index in [-0.39, 0.29) is 18.6 Å². The average Bonchev–Trinajstić information content (AvgIpc) is 2.65. The Hall–Kier alpha value is -2.19. The van der Waals surface area contributed by atoms with Crippen molar-refractivity contribution in [3.05, 3.63) is 12.1 Å². The van der Waals surface area contributed by atoms with E-state index < -0.39 is 0 Å². The first-order chi connectivity index (χ1) is 13.4. The predicted octanol–water partition coefficient (Wildman–Crippen LogP) is 1.08. The summed E-state index contributed by atoms with van der Waals surface area (Å²) in [5.41, 5.74) is 7.55. The Morgan fingerprint density at radius 3 is 2.61 bits per heavy atom. The summed E-state index contributed by atoms with van der Waals surface area (Å²) in [4.78, 5) is 16.1. The Kier molecular flexibility index (Phi) is 8.66. The highest BCUT2D eigenvalue weighted by molar-refractivity contribution is 5.78. The van der Waals surface area contributed by atoms with E-state index in [4.69, 9.17) is 20.3 Å². The molecule has 28 heavy (non-hydrogen) atoms.